The molecule has 0 saturated heterocycles. The van der Waals surface area contributed by atoms with Crippen molar-refractivity contribution in [2.75, 3.05) is 39.6 Å². The zero-order chi connectivity index (χ0) is 69.6. The van der Waals surface area contributed by atoms with Crippen LogP contribution in [-0.4, -0.2) is 96.7 Å². The molecule has 0 rings (SSSR count). The van der Waals surface area contributed by atoms with Crippen molar-refractivity contribution in [3.63, 3.8) is 0 Å². The van der Waals surface area contributed by atoms with Crippen LogP contribution in [0.5, 0.6) is 0 Å². The Morgan fingerprint density at radius 1 is 0.266 bits per heavy atom. The minimum absolute atomic E-state index is 0.104. The number of rotatable bonds is 72. The molecule has 0 fully saturated rings. The standard InChI is InChI=1S/C75H146O17P2/c1-65(2)51-43-35-27-21-16-13-11-9-10-12-14-18-25-31-41-49-57-74(79)91-70(61-85-72(77)55-47-39-30-24-19-15-17-22-28-36-44-52-66(3)4)63-89-93(81,82)87-59-69(76)60-88-94(83,84)90-64-71(62-86-73(78)56-48-40-34-33-38-46-54-68(7)8)92-75(80)58-50-42-32-26-20-23-29-37-45-53-67(5)6/h65-71,76H,9-64H2,1-8H3,(H,81,82)(H,83,84)/t69-,70-,71-/m1/s1. The Bertz CT molecular complexity index is 1850. The molecule has 2 unspecified atom stereocenters. The highest BCUT2D eigenvalue weighted by Gasteiger charge is 2.30. The fourth-order valence-corrected chi connectivity index (χ4v) is 13.0. The van der Waals surface area contributed by atoms with Gasteiger partial charge in [-0.15, -0.1) is 0 Å². The van der Waals surface area contributed by atoms with Crippen LogP contribution >= 0.6 is 15.6 Å². The van der Waals surface area contributed by atoms with E-state index in [0.29, 0.717) is 31.6 Å². The molecule has 558 valence electrons. The van der Waals surface area contributed by atoms with Crippen molar-refractivity contribution in [3.05, 3.63) is 0 Å². The Morgan fingerprint density at radius 2 is 0.447 bits per heavy atom. The summed E-state index contributed by atoms with van der Waals surface area (Å²) in [4.78, 5) is 72.7. The predicted octanol–water partition coefficient (Wildman–Crippen LogP) is 21.7. The van der Waals surface area contributed by atoms with Crippen molar-refractivity contribution in [3.8, 4) is 0 Å². The van der Waals surface area contributed by atoms with Gasteiger partial charge in [0.1, 0.15) is 19.3 Å². The highest BCUT2D eigenvalue weighted by atomic mass is 31.2. The molecular formula is C75H146O17P2. The zero-order valence-corrected chi connectivity index (χ0v) is 63.4. The minimum atomic E-state index is -4.96. The van der Waals surface area contributed by atoms with Crippen LogP contribution in [0.25, 0.3) is 0 Å². The molecule has 0 amide bonds. The van der Waals surface area contributed by atoms with Crippen LogP contribution in [-0.2, 0) is 65.4 Å². The number of aliphatic hydroxyl groups is 1. The molecule has 0 aromatic heterocycles. The van der Waals surface area contributed by atoms with Crippen LogP contribution in [0.2, 0.25) is 0 Å². The number of esters is 4. The van der Waals surface area contributed by atoms with E-state index in [0.717, 1.165) is 114 Å². The molecule has 0 heterocycles. The van der Waals surface area contributed by atoms with Crippen LogP contribution < -0.4 is 0 Å². The van der Waals surface area contributed by atoms with Gasteiger partial charge in [-0.3, -0.25) is 37.3 Å². The summed E-state index contributed by atoms with van der Waals surface area (Å²) in [6, 6.07) is 0. The molecule has 17 nitrogen and oxygen atoms in total. The SMILES string of the molecule is CC(C)CCCCCCCCCCCCCCCCCCC(=O)O[C@H](COC(=O)CCCCCCCCCCCCCC(C)C)COP(=O)(O)OC[C@@H](O)COP(=O)(O)OC[C@@H](COC(=O)CCCCCCCCC(C)C)OC(=O)CCCCCCCCCCCC(C)C. The maximum Gasteiger partial charge on any atom is 0.472 e. The third-order valence-corrected chi connectivity index (χ3v) is 19.2. The van der Waals surface area contributed by atoms with Crippen LogP contribution in [0.1, 0.15) is 376 Å². The number of hydrogen-bond donors (Lipinski definition) is 3. The summed E-state index contributed by atoms with van der Waals surface area (Å²) >= 11 is 0. The lowest BCUT2D eigenvalue weighted by Crippen LogP contribution is -2.30. The van der Waals surface area contributed by atoms with E-state index in [2.05, 4.69) is 55.4 Å². The number of unbranched alkanes of at least 4 members (excludes halogenated alkanes) is 38. The molecule has 3 N–H and O–H groups in total. The number of phosphoric ester groups is 2. The summed E-state index contributed by atoms with van der Waals surface area (Å²) in [5.41, 5.74) is 0. The van der Waals surface area contributed by atoms with Gasteiger partial charge in [0, 0.05) is 25.7 Å². The van der Waals surface area contributed by atoms with Crippen molar-refractivity contribution in [2.45, 2.75) is 395 Å². The first kappa shape index (κ1) is 92.1. The fourth-order valence-electron chi connectivity index (χ4n) is 11.4. The van der Waals surface area contributed by atoms with Gasteiger partial charge in [-0.2, -0.15) is 0 Å². The van der Waals surface area contributed by atoms with E-state index in [-0.39, 0.29) is 25.7 Å². The van der Waals surface area contributed by atoms with Crippen molar-refractivity contribution in [1.29, 1.82) is 0 Å². The Balaban J connectivity index is 5.23. The predicted molar refractivity (Wildman–Crippen MR) is 381 cm³/mol. The van der Waals surface area contributed by atoms with E-state index in [1.165, 1.54) is 173 Å². The first-order chi connectivity index (χ1) is 45.1. The summed E-state index contributed by atoms with van der Waals surface area (Å²) in [6.45, 7) is 14.1. The maximum atomic E-state index is 13.1. The van der Waals surface area contributed by atoms with Gasteiger partial charge in [-0.05, 0) is 49.4 Å². The molecule has 0 aliphatic carbocycles. The highest BCUT2D eigenvalue weighted by molar-refractivity contribution is 7.47. The number of carbonyl (C=O) groups is 4. The average molecular weight is 1380 g/mol. The highest BCUT2D eigenvalue weighted by Crippen LogP contribution is 2.45. The second-order valence-electron chi connectivity index (χ2n) is 28.9. The molecule has 0 saturated carbocycles. The second kappa shape index (κ2) is 64.4. The number of hydrogen-bond acceptors (Lipinski definition) is 15. The Hall–Kier alpha value is -1.94. The normalized spacial score (nSPS) is 14.2. The van der Waals surface area contributed by atoms with Crippen LogP contribution in [0, 0.1) is 23.7 Å². The summed E-state index contributed by atoms with van der Waals surface area (Å²) < 4.78 is 68.4. The van der Waals surface area contributed by atoms with Gasteiger partial charge in [-0.25, -0.2) is 9.13 Å². The molecule has 5 atom stereocenters. The Morgan fingerprint density at radius 3 is 0.660 bits per heavy atom. The molecule has 0 aliphatic heterocycles. The van der Waals surface area contributed by atoms with E-state index < -0.39 is 97.5 Å². The average Bonchev–Trinajstić information content (AvgIpc) is 1.32. The molecule has 0 aliphatic rings. The molecule has 0 bridgehead atoms. The smallest absolute Gasteiger partial charge is 0.462 e. The molecule has 0 aromatic carbocycles. The third-order valence-electron chi connectivity index (χ3n) is 17.3. The lowest BCUT2D eigenvalue weighted by Gasteiger charge is -2.21. The van der Waals surface area contributed by atoms with Crippen molar-refractivity contribution in [2.24, 2.45) is 23.7 Å². The summed E-state index contributed by atoms with van der Waals surface area (Å²) in [5, 5.41) is 10.6. The summed E-state index contributed by atoms with van der Waals surface area (Å²) in [6.07, 6.45) is 48.8. The van der Waals surface area contributed by atoms with Gasteiger partial charge >= 0.3 is 39.5 Å². The van der Waals surface area contributed by atoms with Crippen molar-refractivity contribution in [1.82, 2.24) is 0 Å². The van der Waals surface area contributed by atoms with Crippen molar-refractivity contribution >= 4 is 39.5 Å². The van der Waals surface area contributed by atoms with Gasteiger partial charge in [0.15, 0.2) is 12.2 Å². The van der Waals surface area contributed by atoms with E-state index in [1.54, 1.807) is 0 Å². The zero-order valence-electron chi connectivity index (χ0n) is 61.6. The maximum absolute atomic E-state index is 13.1. The van der Waals surface area contributed by atoms with E-state index in [9.17, 15) is 43.2 Å². The quantitative estimate of drug-likeness (QED) is 0.0222. The fraction of sp³-hybridized carbons (Fsp3) is 0.947. The molecule has 0 radical (unpaired) electrons. The van der Waals surface area contributed by atoms with Gasteiger partial charge in [0.25, 0.3) is 0 Å². The van der Waals surface area contributed by atoms with Crippen LogP contribution in [0.4, 0.5) is 0 Å². The lowest BCUT2D eigenvalue weighted by molar-refractivity contribution is -0.161. The number of ether oxygens (including phenoxy) is 4. The Kier molecular flexibility index (Phi) is 63.1. The molecular weight excluding hydrogens is 1230 g/mol. The van der Waals surface area contributed by atoms with Gasteiger partial charge in [0.2, 0.25) is 0 Å². The topological polar surface area (TPSA) is 237 Å². The Labute approximate surface area is 575 Å². The first-order valence-corrected chi connectivity index (χ1v) is 41.7. The van der Waals surface area contributed by atoms with E-state index in [4.69, 9.17) is 37.0 Å². The lowest BCUT2D eigenvalue weighted by atomic mass is 10.0. The largest absolute Gasteiger partial charge is 0.472 e. The first-order valence-electron chi connectivity index (χ1n) is 38.7. The molecule has 19 heteroatoms. The van der Waals surface area contributed by atoms with Crippen LogP contribution in [0.15, 0.2) is 0 Å². The third kappa shape index (κ3) is 68.6. The molecule has 94 heavy (non-hydrogen) atoms. The van der Waals surface area contributed by atoms with Crippen LogP contribution in [0.3, 0.4) is 0 Å². The van der Waals surface area contributed by atoms with Crippen molar-refractivity contribution < 1.29 is 80.2 Å². The van der Waals surface area contributed by atoms with E-state index in [1.807, 2.05) is 0 Å². The molecule has 0 spiro atoms. The number of phosphoric acid groups is 2. The van der Waals surface area contributed by atoms with Gasteiger partial charge < -0.3 is 33.8 Å². The summed E-state index contributed by atoms with van der Waals surface area (Å²) in [7, 11) is -9.91. The van der Waals surface area contributed by atoms with Gasteiger partial charge in [-0.1, -0.05) is 325 Å². The number of aliphatic hydroxyl groups excluding tert-OH is 1. The summed E-state index contributed by atoms with van der Waals surface area (Å²) in [5.74, 6) is 0.872. The molecule has 0 aromatic rings. The van der Waals surface area contributed by atoms with Gasteiger partial charge in [0.05, 0.1) is 26.4 Å². The van der Waals surface area contributed by atoms with E-state index >= 15 is 0 Å². The minimum Gasteiger partial charge on any atom is -0.462 e. The monoisotopic (exact) mass is 1380 g/mol. The number of carbonyl (C=O) groups excluding carboxylic acids is 4. The second-order valence-corrected chi connectivity index (χ2v) is 31.9.